The molecule has 0 aliphatic carbocycles. The Labute approximate surface area is 201 Å². The molecule has 0 saturated carbocycles. The minimum Gasteiger partial charge on any atom is -0.330 e. The van der Waals surface area contributed by atoms with Gasteiger partial charge in [-0.3, -0.25) is 4.79 Å². The fourth-order valence-electron chi connectivity index (χ4n) is 4.74. The van der Waals surface area contributed by atoms with Crippen LogP contribution in [0.5, 0.6) is 0 Å². The highest BCUT2D eigenvalue weighted by atomic mass is 32.2. The zero-order valence-electron chi connectivity index (χ0n) is 17.9. The van der Waals surface area contributed by atoms with Crippen LogP contribution in [0, 0.1) is 17.2 Å². The van der Waals surface area contributed by atoms with Crippen molar-refractivity contribution >= 4 is 38.6 Å². The highest BCUT2D eigenvalue weighted by Crippen LogP contribution is 2.41. The number of piperidine rings is 1. The lowest BCUT2D eigenvalue weighted by atomic mass is 9.92. The number of fused-ring (bicyclic) bond motifs is 1. The number of carbonyl (C=O) groups is 1. The summed E-state index contributed by atoms with van der Waals surface area (Å²) in [6, 6.07) is 14.2. The Morgan fingerprint density at radius 1 is 1.00 bits per heavy atom. The maximum absolute atomic E-state index is 13.6. The highest BCUT2D eigenvalue weighted by molar-refractivity contribution is 7.89. The molecule has 0 N–H and O–H groups in total. The molecular weight excluding hydrogens is 474 g/mol. The van der Waals surface area contributed by atoms with E-state index in [-0.39, 0.29) is 22.8 Å². The molecule has 2 aliphatic heterocycles. The Bertz CT molecular complexity index is 1280. The third kappa shape index (κ3) is 4.13. The normalized spacial score (nSPS) is 19.7. The van der Waals surface area contributed by atoms with Crippen molar-refractivity contribution in [1.29, 1.82) is 5.26 Å². The monoisotopic (exact) mass is 497 g/mol. The van der Waals surface area contributed by atoms with Gasteiger partial charge in [0.05, 0.1) is 22.6 Å². The first kappa shape index (κ1) is 22.3. The van der Waals surface area contributed by atoms with E-state index in [4.69, 9.17) is 5.26 Å². The van der Waals surface area contributed by atoms with Crippen LogP contribution >= 0.6 is 22.7 Å². The molecule has 0 radical (unpaired) electrons. The predicted molar refractivity (Wildman–Crippen MR) is 129 cm³/mol. The van der Waals surface area contributed by atoms with E-state index in [1.54, 1.807) is 22.7 Å². The van der Waals surface area contributed by atoms with E-state index < -0.39 is 10.0 Å². The third-order valence-electron chi connectivity index (χ3n) is 6.49. The molecular formula is C24H23N3O3S3. The molecule has 2 aliphatic rings. The molecule has 6 nitrogen and oxygen atoms in total. The van der Waals surface area contributed by atoms with Crippen LogP contribution in [0.25, 0.3) is 0 Å². The Balaban J connectivity index is 1.31. The van der Waals surface area contributed by atoms with Crippen LogP contribution in [0.15, 0.2) is 58.1 Å². The van der Waals surface area contributed by atoms with Crippen molar-refractivity contribution in [1.82, 2.24) is 9.21 Å². The number of rotatable bonds is 4. The molecule has 33 heavy (non-hydrogen) atoms. The zero-order valence-corrected chi connectivity index (χ0v) is 20.3. The van der Waals surface area contributed by atoms with Crippen LogP contribution in [-0.2, 0) is 21.2 Å². The van der Waals surface area contributed by atoms with E-state index in [1.807, 2.05) is 22.4 Å². The van der Waals surface area contributed by atoms with E-state index in [0.29, 0.717) is 38.0 Å². The summed E-state index contributed by atoms with van der Waals surface area (Å²) >= 11 is 3.43. The molecule has 1 fully saturated rings. The van der Waals surface area contributed by atoms with E-state index >= 15 is 0 Å². The van der Waals surface area contributed by atoms with Crippen LogP contribution in [0.2, 0.25) is 0 Å². The summed E-state index contributed by atoms with van der Waals surface area (Å²) in [6.07, 6.45) is 1.89. The van der Waals surface area contributed by atoms with Crippen LogP contribution in [0.3, 0.4) is 0 Å². The van der Waals surface area contributed by atoms with Crippen molar-refractivity contribution in [3.05, 3.63) is 74.1 Å². The molecule has 3 aromatic rings. The van der Waals surface area contributed by atoms with Crippen LogP contribution in [0.1, 0.15) is 39.8 Å². The number of hydrogen-bond donors (Lipinski definition) is 0. The van der Waals surface area contributed by atoms with Gasteiger partial charge in [0.15, 0.2) is 0 Å². The van der Waals surface area contributed by atoms with Gasteiger partial charge in [-0.15, -0.1) is 22.7 Å². The van der Waals surface area contributed by atoms with E-state index in [2.05, 4.69) is 17.5 Å². The van der Waals surface area contributed by atoms with Gasteiger partial charge in [0, 0.05) is 35.3 Å². The fourth-order valence-corrected chi connectivity index (χ4v) is 7.96. The number of sulfonamides is 1. The summed E-state index contributed by atoms with van der Waals surface area (Å²) in [5.74, 6) is -0.0549. The van der Waals surface area contributed by atoms with Crippen LogP contribution in [-0.4, -0.2) is 43.2 Å². The lowest BCUT2D eigenvalue weighted by molar-refractivity contribution is -0.138. The second-order valence-electron chi connectivity index (χ2n) is 8.31. The quantitative estimate of drug-likeness (QED) is 0.539. The molecule has 9 heteroatoms. The topological polar surface area (TPSA) is 81.5 Å². The molecule has 170 valence electrons. The molecule has 1 amide bonds. The lowest BCUT2D eigenvalue weighted by Gasteiger charge is -2.39. The van der Waals surface area contributed by atoms with Gasteiger partial charge in [-0.2, -0.15) is 9.57 Å². The number of carbonyl (C=O) groups excluding carboxylic acids is 1. The number of hydrogen-bond acceptors (Lipinski definition) is 6. The Morgan fingerprint density at radius 2 is 1.76 bits per heavy atom. The first-order valence-corrected chi connectivity index (χ1v) is 14.1. The van der Waals surface area contributed by atoms with Crippen molar-refractivity contribution < 1.29 is 13.2 Å². The number of thiophene rings is 2. The second-order valence-corrected chi connectivity index (χ2v) is 12.2. The molecule has 1 aromatic carbocycles. The maximum atomic E-state index is 13.6. The molecule has 1 saturated heterocycles. The fraction of sp³-hybridized carbons (Fsp3) is 0.333. The molecule has 1 atom stereocenters. The molecule has 0 bridgehead atoms. The molecule has 1 unspecified atom stereocenters. The SMILES string of the molecule is N#Cc1ccc(S(=O)(=O)N2CCC(C(=O)N3CCc4sccc4C3c3cccs3)CC2)cc1. The number of amides is 1. The average molecular weight is 498 g/mol. The van der Waals surface area contributed by atoms with E-state index in [9.17, 15) is 13.2 Å². The van der Waals surface area contributed by atoms with Gasteiger partial charge in [0.2, 0.25) is 15.9 Å². The molecule has 2 aromatic heterocycles. The Kier molecular flexibility index (Phi) is 6.10. The molecule has 0 spiro atoms. The third-order valence-corrected chi connectivity index (χ3v) is 10.3. The van der Waals surface area contributed by atoms with Gasteiger partial charge in [-0.05, 0) is 72.0 Å². The number of nitrogens with zero attached hydrogens (tertiary/aromatic N) is 3. The summed E-state index contributed by atoms with van der Waals surface area (Å²) in [5.41, 5.74) is 1.65. The van der Waals surface area contributed by atoms with Gasteiger partial charge >= 0.3 is 0 Å². The van der Waals surface area contributed by atoms with Crippen molar-refractivity contribution in [3.8, 4) is 6.07 Å². The first-order chi connectivity index (χ1) is 16.0. The summed E-state index contributed by atoms with van der Waals surface area (Å²) in [4.78, 5) is 18.3. The van der Waals surface area contributed by atoms with E-state index in [1.165, 1.54) is 43.9 Å². The summed E-state index contributed by atoms with van der Waals surface area (Å²) in [7, 11) is -3.64. The van der Waals surface area contributed by atoms with Gasteiger partial charge in [0.1, 0.15) is 0 Å². The highest BCUT2D eigenvalue weighted by Gasteiger charge is 2.39. The lowest BCUT2D eigenvalue weighted by Crippen LogP contribution is -2.47. The number of benzene rings is 1. The minimum absolute atomic E-state index is 0.0482. The Morgan fingerprint density at radius 3 is 2.42 bits per heavy atom. The van der Waals surface area contributed by atoms with Gasteiger partial charge in [-0.25, -0.2) is 8.42 Å². The standard InChI is InChI=1S/C24H23N3O3S3/c25-16-17-3-5-19(6-4-17)33(29,30)26-11-7-18(8-12-26)24(28)27-13-9-21-20(10-15-32-21)23(27)22-2-1-14-31-22/h1-6,10,14-15,18,23H,7-9,11-13H2. The van der Waals surface area contributed by atoms with Crippen molar-refractivity contribution in [2.24, 2.45) is 5.92 Å². The van der Waals surface area contributed by atoms with Crippen LogP contribution < -0.4 is 0 Å². The van der Waals surface area contributed by atoms with Gasteiger partial charge < -0.3 is 4.90 Å². The van der Waals surface area contributed by atoms with Crippen LogP contribution in [0.4, 0.5) is 0 Å². The number of nitriles is 1. The molecule has 5 rings (SSSR count). The maximum Gasteiger partial charge on any atom is 0.243 e. The minimum atomic E-state index is -3.64. The zero-order chi connectivity index (χ0) is 23.0. The van der Waals surface area contributed by atoms with E-state index in [0.717, 1.165) is 6.42 Å². The average Bonchev–Trinajstić information content (AvgIpc) is 3.55. The van der Waals surface area contributed by atoms with Gasteiger partial charge in [0.25, 0.3) is 0 Å². The summed E-state index contributed by atoms with van der Waals surface area (Å²) < 4.78 is 27.5. The Hall–Kier alpha value is -2.51. The summed E-state index contributed by atoms with van der Waals surface area (Å²) in [6.45, 7) is 1.33. The smallest absolute Gasteiger partial charge is 0.243 e. The second kappa shape index (κ2) is 9.03. The van der Waals surface area contributed by atoms with Gasteiger partial charge in [-0.1, -0.05) is 6.07 Å². The molecule has 4 heterocycles. The first-order valence-electron chi connectivity index (χ1n) is 10.9. The largest absolute Gasteiger partial charge is 0.330 e. The van der Waals surface area contributed by atoms with Crippen molar-refractivity contribution in [3.63, 3.8) is 0 Å². The predicted octanol–water partition coefficient (Wildman–Crippen LogP) is 4.26. The van der Waals surface area contributed by atoms with Crippen molar-refractivity contribution in [2.45, 2.75) is 30.2 Å². The van der Waals surface area contributed by atoms with Crippen molar-refractivity contribution in [2.75, 3.05) is 19.6 Å². The summed E-state index contributed by atoms with van der Waals surface area (Å²) in [5, 5.41) is 13.1.